The molecule has 7 nitrogen and oxygen atoms in total. The number of carbonyl (C=O) groups is 2. The van der Waals surface area contributed by atoms with Crippen LogP contribution in [0.4, 0.5) is 0 Å². The van der Waals surface area contributed by atoms with E-state index in [1.165, 1.54) is 18.4 Å². The third-order valence-electron chi connectivity index (χ3n) is 5.44. The molecule has 1 aromatic heterocycles. The van der Waals surface area contributed by atoms with Crippen LogP contribution in [0.2, 0.25) is 0 Å². The van der Waals surface area contributed by atoms with E-state index in [1.807, 2.05) is 13.8 Å². The van der Waals surface area contributed by atoms with Gasteiger partial charge in [0.15, 0.2) is 6.10 Å². The molecule has 0 saturated heterocycles. The maximum absolute atomic E-state index is 12.4. The van der Waals surface area contributed by atoms with Crippen LogP contribution in [0.25, 0.3) is 0 Å². The first-order valence-electron chi connectivity index (χ1n) is 10.7. The Morgan fingerprint density at radius 1 is 1.19 bits per heavy atom. The van der Waals surface area contributed by atoms with Crippen LogP contribution in [-0.2, 0) is 16.1 Å². The Bertz CT molecular complexity index is 910. The van der Waals surface area contributed by atoms with Gasteiger partial charge in [0.25, 0.3) is 5.91 Å². The number of nitrogens with zero attached hydrogens (tertiary/aromatic N) is 1. The fourth-order valence-corrected chi connectivity index (χ4v) is 3.45. The van der Waals surface area contributed by atoms with Crippen molar-refractivity contribution in [2.24, 2.45) is 0 Å². The Morgan fingerprint density at radius 2 is 1.97 bits per heavy atom. The summed E-state index contributed by atoms with van der Waals surface area (Å²) >= 11 is 0. The first kappa shape index (κ1) is 22.6. The quantitative estimate of drug-likeness (QED) is 0.471. The van der Waals surface area contributed by atoms with Crippen LogP contribution in [0, 0.1) is 13.8 Å². The summed E-state index contributed by atoms with van der Waals surface area (Å²) in [7, 11) is 0. The molecule has 0 radical (unpaired) electrons. The van der Waals surface area contributed by atoms with Crippen molar-refractivity contribution in [3.63, 3.8) is 0 Å². The number of benzene rings is 1. The van der Waals surface area contributed by atoms with Crippen molar-refractivity contribution in [2.75, 3.05) is 6.54 Å². The minimum atomic E-state index is -0.858. The fraction of sp³-hybridized carbons (Fsp3) is 0.458. The van der Waals surface area contributed by atoms with E-state index < -0.39 is 12.1 Å². The minimum Gasteiger partial charge on any atom is -0.489 e. The topological polar surface area (TPSA) is 90.7 Å². The van der Waals surface area contributed by atoms with Gasteiger partial charge in [-0.05, 0) is 77.1 Å². The smallest absolute Gasteiger partial charge is 0.338 e. The Kier molecular flexibility index (Phi) is 7.87. The highest BCUT2D eigenvalue weighted by molar-refractivity contribution is 5.92. The molecule has 2 aromatic rings. The maximum atomic E-state index is 12.4. The molecule has 3 rings (SSSR count). The molecule has 1 aromatic carbocycles. The Balaban J connectivity index is 1.43. The molecule has 31 heavy (non-hydrogen) atoms. The highest BCUT2D eigenvalue weighted by Gasteiger charge is 2.19. The second-order valence-corrected chi connectivity index (χ2v) is 7.81. The van der Waals surface area contributed by atoms with Gasteiger partial charge in [0.05, 0.1) is 16.8 Å². The number of allylic oxidation sites excluding steroid dienone is 1. The molecule has 0 aliphatic heterocycles. The Hall–Kier alpha value is -3.09. The van der Waals surface area contributed by atoms with Gasteiger partial charge in [0.1, 0.15) is 18.1 Å². The SMILES string of the molecule is Cc1noc(C)c1COc1ccc(C(=O)O[C@@H](C)C(=O)NCCC2=CCCCC2)cc1. The molecule has 1 aliphatic rings. The molecule has 1 heterocycles. The lowest BCUT2D eigenvalue weighted by Crippen LogP contribution is -2.36. The normalized spacial score (nSPS) is 14.5. The van der Waals surface area contributed by atoms with Crippen molar-refractivity contribution in [1.29, 1.82) is 0 Å². The molecule has 0 fully saturated rings. The van der Waals surface area contributed by atoms with Crippen molar-refractivity contribution in [3.05, 3.63) is 58.5 Å². The lowest BCUT2D eigenvalue weighted by molar-refractivity contribution is -0.129. The van der Waals surface area contributed by atoms with E-state index in [9.17, 15) is 9.59 Å². The molecule has 1 atom stereocenters. The van der Waals surface area contributed by atoms with Crippen LogP contribution < -0.4 is 10.1 Å². The number of ether oxygens (including phenoxy) is 2. The summed E-state index contributed by atoms with van der Waals surface area (Å²) in [5.74, 6) is 0.499. The predicted octanol–water partition coefficient (Wildman–Crippen LogP) is 4.42. The van der Waals surface area contributed by atoms with Crippen LogP contribution in [0.5, 0.6) is 5.75 Å². The molecule has 166 valence electrons. The third-order valence-corrected chi connectivity index (χ3v) is 5.44. The summed E-state index contributed by atoms with van der Waals surface area (Å²) < 4.78 is 16.2. The molecule has 7 heteroatoms. The van der Waals surface area contributed by atoms with Crippen molar-refractivity contribution in [1.82, 2.24) is 10.5 Å². The summed E-state index contributed by atoms with van der Waals surface area (Å²) in [6, 6.07) is 6.62. The Labute approximate surface area is 182 Å². The highest BCUT2D eigenvalue weighted by atomic mass is 16.5. The van der Waals surface area contributed by atoms with Crippen molar-refractivity contribution in [2.45, 2.75) is 65.6 Å². The zero-order chi connectivity index (χ0) is 22.2. The van der Waals surface area contributed by atoms with Gasteiger partial charge in [-0.25, -0.2) is 4.79 Å². The highest BCUT2D eigenvalue weighted by Crippen LogP contribution is 2.20. The molecule has 1 amide bonds. The van der Waals surface area contributed by atoms with Gasteiger partial charge in [-0.2, -0.15) is 0 Å². The number of amides is 1. The number of hydrogen-bond donors (Lipinski definition) is 1. The first-order valence-corrected chi connectivity index (χ1v) is 10.7. The predicted molar refractivity (Wildman–Crippen MR) is 116 cm³/mol. The second kappa shape index (κ2) is 10.8. The minimum absolute atomic E-state index is 0.288. The van der Waals surface area contributed by atoms with E-state index in [4.69, 9.17) is 14.0 Å². The summed E-state index contributed by atoms with van der Waals surface area (Å²) in [6.07, 6.45) is 6.96. The first-order chi connectivity index (χ1) is 14.9. The number of nitrogens with one attached hydrogen (secondary N) is 1. The average Bonchev–Trinajstić information content (AvgIpc) is 3.10. The molecule has 1 aliphatic carbocycles. The summed E-state index contributed by atoms with van der Waals surface area (Å²) in [5, 5.41) is 6.74. The van der Waals surface area contributed by atoms with Crippen LogP contribution in [0.15, 0.2) is 40.4 Å². The number of carbonyl (C=O) groups excluding carboxylic acids is 2. The van der Waals surface area contributed by atoms with Crippen molar-refractivity contribution < 1.29 is 23.6 Å². The number of hydrogen-bond acceptors (Lipinski definition) is 6. The van der Waals surface area contributed by atoms with Gasteiger partial charge < -0.3 is 19.3 Å². The average molecular weight is 427 g/mol. The summed E-state index contributed by atoms with van der Waals surface area (Å²) in [5.41, 5.74) is 3.45. The van der Waals surface area contributed by atoms with E-state index in [0.29, 0.717) is 24.5 Å². The third kappa shape index (κ3) is 6.44. The fourth-order valence-electron chi connectivity index (χ4n) is 3.45. The van der Waals surface area contributed by atoms with Crippen molar-refractivity contribution >= 4 is 11.9 Å². The molecule has 1 N–H and O–H groups in total. The van der Waals surface area contributed by atoms with Crippen LogP contribution in [0.1, 0.15) is 66.4 Å². The lowest BCUT2D eigenvalue weighted by Gasteiger charge is -2.16. The summed E-state index contributed by atoms with van der Waals surface area (Å²) in [4.78, 5) is 24.6. The maximum Gasteiger partial charge on any atom is 0.338 e. The van der Waals surface area contributed by atoms with E-state index >= 15 is 0 Å². The van der Waals surface area contributed by atoms with E-state index in [1.54, 1.807) is 31.2 Å². The summed E-state index contributed by atoms with van der Waals surface area (Å²) in [6.45, 7) is 6.16. The zero-order valence-corrected chi connectivity index (χ0v) is 18.4. The van der Waals surface area contributed by atoms with Crippen LogP contribution in [0.3, 0.4) is 0 Å². The van der Waals surface area contributed by atoms with E-state index in [0.717, 1.165) is 36.3 Å². The molecular formula is C24H30N2O5. The Morgan fingerprint density at radius 3 is 2.61 bits per heavy atom. The van der Waals surface area contributed by atoms with Gasteiger partial charge in [0, 0.05) is 6.54 Å². The molecule has 0 saturated carbocycles. The molecule has 0 spiro atoms. The number of rotatable bonds is 9. The van der Waals surface area contributed by atoms with Gasteiger partial charge in [-0.3, -0.25) is 4.79 Å². The van der Waals surface area contributed by atoms with Gasteiger partial charge >= 0.3 is 5.97 Å². The van der Waals surface area contributed by atoms with Crippen LogP contribution in [-0.4, -0.2) is 29.7 Å². The largest absolute Gasteiger partial charge is 0.489 e. The molecular weight excluding hydrogens is 396 g/mol. The second-order valence-electron chi connectivity index (χ2n) is 7.81. The van der Waals surface area contributed by atoms with Gasteiger partial charge in [0.2, 0.25) is 0 Å². The number of aryl methyl sites for hydroxylation is 2. The molecule has 0 unspecified atom stereocenters. The lowest BCUT2D eigenvalue weighted by atomic mass is 9.97. The van der Waals surface area contributed by atoms with Crippen molar-refractivity contribution in [3.8, 4) is 5.75 Å². The van der Waals surface area contributed by atoms with Gasteiger partial charge in [-0.1, -0.05) is 16.8 Å². The number of esters is 1. The van der Waals surface area contributed by atoms with Crippen LogP contribution >= 0.6 is 0 Å². The molecule has 0 bridgehead atoms. The monoisotopic (exact) mass is 426 g/mol. The van der Waals surface area contributed by atoms with Gasteiger partial charge in [-0.15, -0.1) is 0 Å². The standard InChI is InChI=1S/C24H30N2O5/c1-16-22(17(2)31-26-16)15-29-21-11-9-20(10-12-21)24(28)30-18(3)23(27)25-14-13-19-7-5-4-6-8-19/h7,9-12,18H,4-6,8,13-15H2,1-3H3,(H,25,27)/t18-/m0/s1. The van der Waals surface area contributed by atoms with E-state index in [2.05, 4.69) is 16.5 Å². The number of aromatic nitrogens is 1. The van der Waals surface area contributed by atoms with E-state index in [-0.39, 0.29) is 5.91 Å². The zero-order valence-electron chi connectivity index (χ0n) is 18.4.